The lowest BCUT2D eigenvalue weighted by Gasteiger charge is -2.16. The van der Waals surface area contributed by atoms with Crippen molar-refractivity contribution in [3.8, 4) is 5.75 Å². The SMILES string of the molecule is O=C(O)COCCCCC1=CCC[C@@H]1CCOc1cccc(Cl)c1. The van der Waals surface area contributed by atoms with Crippen LogP contribution in [0.1, 0.15) is 38.5 Å². The van der Waals surface area contributed by atoms with Gasteiger partial charge in [0.1, 0.15) is 12.4 Å². The van der Waals surface area contributed by atoms with E-state index >= 15 is 0 Å². The minimum Gasteiger partial charge on any atom is -0.494 e. The van der Waals surface area contributed by atoms with Gasteiger partial charge in [0.15, 0.2) is 0 Å². The Balaban J connectivity index is 1.61. The van der Waals surface area contributed by atoms with Gasteiger partial charge in [-0.25, -0.2) is 4.79 Å². The summed E-state index contributed by atoms with van der Waals surface area (Å²) >= 11 is 5.95. The first-order chi connectivity index (χ1) is 11.6. The van der Waals surface area contributed by atoms with Crippen molar-refractivity contribution >= 4 is 17.6 Å². The van der Waals surface area contributed by atoms with Crippen LogP contribution in [-0.4, -0.2) is 30.9 Å². The van der Waals surface area contributed by atoms with Gasteiger partial charge in [-0.2, -0.15) is 0 Å². The van der Waals surface area contributed by atoms with Gasteiger partial charge < -0.3 is 14.6 Å². The number of benzene rings is 1. The number of carbonyl (C=O) groups is 1. The van der Waals surface area contributed by atoms with Crippen molar-refractivity contribution < 1.29 is 19.4 Å². The molecule has 0 unspecified atom stereocenters. The van der Waals surface area contributed by atoms with E-state index in [1.807, 2.05) is 24.3 Å². The first-order valence-electron chi connectivity index (χ1n) is 8.52. The van der Waals surface area contributed by atoms with E-state index < -0.39 is 5.97 Å². The number of carboxylic acids is 1. The van der Waals surface area contributed by atoms with E-state index in [-0.39, 0.29) is 6.61 Å². The summed E-state index contributed by atoms with van der Waals surface area (Å²) < 4.78 is 10.9. The van der Waals surface area contributed by atoms with Crippen molar-refractivity contribution in [2.45, 2.75) is 38.5 Å². The maximum Gasteiger partial charge on any atom is 0.329 e. The number of halogens is 1. The van der Waals surface area contributed by atoms with Gasteiger partial charge in [-0.1, -0.05) is 29.3 Å². The van der Waals surface area contributed by atoms with Crippen LogP contribution in [0, 0.1) is 5.92 Å². The summed E-state index contributed by atoms with van der Waals surface area (Å²) in [6.07, 6.45) is 8.72. The molecule has 1 aliphatic rings. The lowest BCUT2D eigenvalue weighted by Crippen LogP contribution is -2.08. The zero-order valence-electron chi connectivity index (χ0n) is 13.9. The molecule has 0 radical (unpaired) electrons. The van der Waals surface area contributed by atoms with Gasteiger partial charge in [0, 0.05) is 11.6 Å². The highest BCUT2D eigenvalue weighted by Crippen LogP contribution is 2.32. The first kappa shape index (κ1) is 18.8. The molecule has 1 N–H and O–H groups in total. The van der Waals surface area contributed by atoms with Crippen LogP contribution in [0.15, 0.2) is 35.9 Å². The summed E-state index contributed by atoms with van der Waals surface area (Å²) in [5, 5.41) is 9.20. The molecule has 0 saturated heterocycles. The van der Waals surface area contributed by atoms with E-state index in [2.05, 4.69) is 6.08 Å². The van der Waals surface area contributed by atoms with Crippen LogP contribution in [0.3, 0.4) is 0 Å². The summed E-state index contributed by atoms with van der Waals surface area (Å²) in [6, 6.07) is 7.50. The normalized spacial score (nSPS) is 16.9. The molecular weight excluding hydrogens is 328 g/mol. The standard InChI is InChI=1S/C19H25ClO4/c20-17-8-4-9-18(13-17)24-12-10-16-7-3-6-15(16)5-1-2-11-23-14-19(21)22/h4,6,8-9,13,16H,1-3,5,7,10-12,14H2,(H,21,22)/t16-/m1/s1. The molecule has 24 heavy (non-hydrogen) atoms. The molecule has 0 heterocycles. The van der Waals surface area contributed by atoms with Gasteiger partial charge >= 0.3 is 5.97 Å². The molecule has 0 amide bonds. The zero-order chi connectivity index (χ0) is 17.2. The first-order valence-corrected chi connectivity index (χ1v) is 8.90. The maximum absolute atomic E-state index is 10.4. The summed E-state index contributed by atoms with van der Waals surface area (Å²) in [6.45, 7) is 1.01. The third kappa shape index (κ3) is 6.93. The van der Waals surface area contributed by atoms with Crippen LogP contribution in [0.2, 0.25) is 5.02 Å². The second-order valence-electron chi connectivity index (χ2n) is 6.05. The van der Waals surface area contributed by atoms with E-state index in [1.54, 1.807) is 0 Å². The number of ether oxygens (including phenoxy) is 2. The highest BCUT2D eigenvalue weighted by Gasteiger charge is 2.18. The number of hydrogen-bond donors (Lipinski definition) is 1. The van der Waals surface area contributed by atoms with Crippen LogP contribution < -0.4 is 4.74 Å². The third-order valence-electron chi connectivity index (χ3n) is 4.21. The van der Waals surface area contributed by atoms with E-state index in [0.29, 0.717) is 24.2 Å². The fraction of sp³-hybridized carbons (Fsp3) is 0.526. The predicted octanol–water partition coefficient (Wildman–Crippen LogP) is 4.72. The van der Waals surface area contributed by atoms with Crippen molar-refractivity contribution in [3.05, 3.63) is 40.9 Å². The van der Waals surface area contributed by atoms with Gasteiger partial charge in [-0.05, 0) is 62.6 Å². The fourth-order valence-corrected chi connectivity index (χ4v) is 3.21. The van der Waals surface area contributed by atoms with Gasteiger partial charge in [-0.3, -0.25) is 0 Å². The molecule has 1 aromatic rings. The summed E-state index contributed by atoms with van der Waals surface area (Å²) in [5.41, 5.74) is 1.52. The lowest BCUT2D eigenvalue weighted by atomic mass is 9.94. The van der Waals surface area contributed by atoms with Crippen molar-refractivity contribution in [2.24, 2.45) is 5.92 Å². The van der Waals surface area contributed by atoms with Crippen LogP contribution >= 0.6 is 11.6 Å². The predicted molar refractivity (Wildman–Crippen MR) is 94.7 cm³/mol. The van der Waals surface area contributed by atoms with Crippen molar-refractivity contribution in [1.82, 2.24) is 0 Å². The Morgan fingerprint density at radius 2 is 2.17 bits per heavy atom. The van der Waals surface area contributed by atoms with Crippen LogP contribution in [0.4, 0.5) is 0 Å². The second kappa shape index (κ2) is 10.4. The Morgan fingerprint density at radius 3 is 2.96 bits per heavy atom. The summed E-state index contributed by atoms with van der Waals surface area (Å²) in [5.74, 6) is 0.513. The molecule has 0 spiro atoms. The van der Waals surface area contributed by atoms with Gasteiger partial charge in [-0.15, -0.1) is 0 Å². The number of carboxylic acid groups (broad SMARTS) is 1. The Kier molecular flexibility index (Phi) is 8.13. The second-order valence-corrected chi connectivity index (χ2v) is 6.49. The number of rotatable bonds is 11. The monoisotopic (exact) mass is 352 g/mol. The minimum absolute atomic E-state index is 0.202. The topological polar surface area (TPSA) is 55.8 Å². The average molecular weight is 353 g/mol. The molecule has 0 bridgehead atoms. The Morgan fingerprint density at radius 1 is 1.29 bits per heavy atom. The molecule has 4 nitrogen and oxygen atoms in total. The van der Waals surface area contributed by atoms with E-state index in [9.17, 15) is 4.79 Å². The van der Waals surface area contributed by atoms with Crippen molar-refractivity contribution in [2.75, 3.05) is 19.8 Å². The van der Waals surface area contributed by atoms with Crippen LogP contribution in [-0.2, 0) is 9.53 Å². The largest absolute Gasteiger partial charge is 0.494 e. The molecular formula is C19H25ClO4. The molecule has 1 atom stereocenters. The van der Waals surface area contributed by atoms with Gasteiger partial charge in [0.25, 0.3) is 0 Å². The number of unbranched alkanes of at least 4 members (excludes halogenated alkanes) is 1. The molecule has 5 heteroatoms. The van der Waals surface area contributed by atoms with Gasteiger partial charge in [0.2, 0.25) is 0 Å². The molecule has 0 saturated carbocycles. The molecule has 0 aliphatic heterocycles. The Bertz CT molecular complexity index is 556. The smallest absolute Gasteiger partial charge is 0.329 e. The molecule has 2 rings (SSSR count). The Hall–Kier alpha value is -1.52. The van der Waals surface area contributed by atoms with Crippen LogP contribution in [0.25, 0.3) is 0 Å². The zero-order valence-corrected chi connectivity index (χ0v) is 14.6. The average Bonchev–Trinajstić information content (AvgIpc) is 2.98. The number of hydrogen-bond acceptors (Lipinski definition) is 3. The van der Waals surface area contributed by atoms with Crippen LogP contribution in [0.5, 0.6) is 5.75 Å². The third-order valence-corrected chi connectivity index (χ3v) is 4.44. The maximum atomic E-state index is 10.4. The van der Waals surface area contributed by atoms with E-state index in [1.165, 1.54) is 12.0 Å². The number of allylic oxidation sites excluding steroid dienone is 2. The quantitative estimate of drug-likeness (QED) is 0.462. The number of aliphatic carboxylic acids is 1. The fourth-order valence-electron chi connectivity index (χ4n) is 3.03. The van der Waals surface area contributed by atoms with Gasteiger partial charge in [0.05, 0.1) is 6.61 Å². The minimum atomic E-state index is -0.909. The molecule has 0 aromatic heterocycles. The van der Waals surface area contributed by atoms with Crippen molar-refractivity contribution in [3.63, 3.8) is 0 Å². The Labute approximate surface area is 148 Å². The highest BCUT2D eigenvalue weighted by atomic mass is 35.5. The molecule has 0 fully saturated rings. The summed E-state index contributed by atoms with van der Waals surface area (Å²) in [4.78, 5) is 10.4. The molecule has 132 valence electrons. The molecule has 1 aliphatic carbocycles. The summed E-state index contributed by atoms with van der Waals surface area (Å²) in [7, 11) is 0. The highest BCUT2D eigenvalue weighted by molar-refractivity contribution is 6.30. The van der Waals surface area contributed by atoms with E-state index in [4.69, 9.17) is 26.2 Å². The molecule has 1 aromatic carbocycles. The van der Waals surface area contributed by atoms with E-state index in [0.717, 1.165) is 37.9 Å². The lowest BCUT2D eigenvalue weighted by molar-refractivity contribution is -0.142. The van der Waals surface area contributed by atoms with Crippen molar-refractivity contribution in [1.29, 1.82) is 0 Å².